The second-order valence-electron chi connectivity index (χ2n) is 4.52. The lowest BCUT2D eigenvalue weighted by atomic mass is 10.2. The van der Waals surface area contributed by atoms with Gasteiger partial charge in [-0.05, 0) is 18.6 Å². The van der Waals surface area contributed by atoms with Crippen molar-refractivity contribution in [3.63, 3.8) is 0 Å². The van der Waals surface area contributed by atoms with Gasteiger partial charge in [0.15, 0.2) is 11.6 Å². The van der Waals surface area contributed by atoms with Crippen molar-refractivity contribution in [3.05, 3.63) is 29.8 Å². The van der Waals surface area contributed by atoms with Crippen molar-refractivity contribution < 1.29 is 9.53 Å². The molecule has 20 heavy (non-hydrogen) atoms. The first-order chi connectivity index (χ1) is 9.18. The molecule has 1 aliphatic heterocycles. The number of ether oxygens (including phenoxy) is 1. The minimum Gasteiger partial charge on any atom is -0.378 e. The molecule has 0 unspecified atom stereocenters. The Balaban J connectivity index is 0.00000200. The number of morpholine rings is 1. The van der Waals surface area contributed by atoms with Crippen molar-refractivity contribution in [2.45, 2.75) is 13.8 Å². The third-order valence-corrected chi connectivity index (χ3v) is 3.05. The maximum atomic E-state index is 11.7. The van der Waals surface area contributed by atoms with Gasteiger partial charge in [-0.15, -0.1) is 12.4 Å². The van der Waals surface area contributed by atoms with Crippen LogP contribution in [0.1, 0.15) is 12.5 Å². The Morgan fingerprint density at radius 3 is 2.55 bits per heavy atom. The van der Waals surface area contributed by atoms with Gasteiger partial charge in [0, 0.05) is 20.0 Å². The molecule has 0 atom stereocenters. The molecule has 0 spiro atoms. The lowest BCUT2D eigenvalue weighted by Gasteiger charge is -2.28. The van der Waals surface area contributed by atoms with E-state index in [-0.39, 0.29) is 18.2 Å². The number of aryl methyl sites for hydroxylation is 1. The average molecular weight is 298 g/mol. The Kier molecular flexibility index (Phi) is 6.48. The summed E-state index contributed by atoms with van der Waals surface area (Å²) in [5.41, 5.74) is 4.98. The quantitative estimate of drug-likeness (QED) is 0.527. The second-order valence-corrected chi connectivity index (χ2v) is 4.52. The molecule has 1 N–H and O–H groups in total. The SMILES string of the molecule is CC(=O)C(=NNc1ccccc1C)N1CCOCC1.Cl. The summed E-state index contributed by atoms with van der Waals surface area (Å²) in [5, 5.41) is 4.27. The van der Waals surface area contributed by atoms with Crippen molar-refractivity contribution in [2.75, 3.05) is 31.7 Å². The van der Waals surface area contributed by atoms with E-state index in [1.165, 1.54) is 6.92 Å². The first kappa shape index (κ1) is 16.5. The highest BCUT2D eigenvalue weighted by molar-refractivity contribution is 6.37. The lowest BCUT2D eigenvalue weighted by Crippen LogP contribution is -2.44. The van der Waals surface area contributed by atoms with Gasteiger partial charge < -0.3 is 9.64 Å². The minimum atomic E-state index is -0.0389. The molecule has 0 aliphatic carbocycles. The molecule has 5 nitrogen and oxygen atoms in total. The van der Waals surface area contributed by atoms with Crippen LogP contribution in [0.25, 0.3) is 0 Å². The third kappa shape index (κ3) is 4.21. The topological polar surface area (TPSA) is 53.9 Å². The predicted molar refractivity (Wildman–Crippen MR) is 82.6 cm³/mol. The number of Topliss-reactive ketones (excluding diaryl/α,β-unsaturated/α-hetero) is 1. The summed E-state index contributed by atoms with van der Waals surface area (Å²) in [4.78, 5) is 13.7. The smallest absolute Gasteiger partial charge is 0.196 e. The maximum absolute atomic E-state index is 11.7. The summed E-state index contributed by atoms with van der Waals surface area (Å²) >= 11 is 0. The molecule has 1 saturated heterocycles. The van der Waals surface area contributed by atoms with E-state index in [0.717, 1.165) is 11.3 Å². The number of hydrazone groups is 1. The first-order valence-corrected chi connectivity index (χ1v) is 6.41. The van der Waals surface area contributed by atoms with Crippen LogP contribution in [0.2, 0.25) is 0 Å². The van der Waals surface area contributed by atoms with Gasteiger partial charge in [0.2, 0.25) is 0 Å². The standard InChI is InChI=1S/C14H19N3O2.ClH/c1-11-5-3-4-6-13(11)15-16-14(12(2)18)17-7-9-19-10-8-17;/h3-6,15H,7-10H2,1-2H3;1H. The third-order valence-electron chi connectivity index (χ3n) is 3.05. The molecule has 1 aliphatic rings. The van der Waals surface area contributed by atoms with Gasteiger partial charge in [-0.1, -0.05) is 18.2 Å². The van der Waals surface area contributed by atoms with E-state index in [9.17, 15) is 4.79 Å². The number of benzene rings is 1. The number of carbonyl (C=O) groups is 1. The van der Waals surface area contributed by atoms with Crippen molar-refractivity contribution in [3.8, 4) is 0 Å². The van der Waals surface area contributed by atoms with Gasteiger partial charge in [0.05, 0.1) is 18.9 Å². The van der Waals surface area contributed by atoms with E-state index < -0.39 is 0 Å². The van der Waals surface area contributed by atoms with Crippen LogP contribution < -0.4 is 5.43 Å². The molecule has 0 saturated carbocycles. The van der Waals surface area contributed by atoms with Crippen LogP contribution in [-0.2, 0) is 9.53 Å². The number of hydrogen-bond donors (Lipinski definition) is 1. The van der Waals surface area contributed by atoms with Gasteiger partial charge in [0.1, 0.15) is 0 Å². The number of hydrogen-bond acceptors (Lipinski definition) is 4. The van der Waals surface area contributed by atoms with Gasteiger partial charge in [-0.3, -0.25) is 10.2 Å². The number of halogens is 1. The fourth-order valence-electron chi connectivity index (χ4n) is 1.96. The van der Waals surface area contributed by atoms with E-state index in [4.69, 9.17) is 4.74 Å². The van der Waals surface area contributed by atoms with Crippen LogP contribution >= 0.6 is 12.4 Å². The fourth-order valence-corrected chi connectivity index (χ4v) is 1.96. The van der Waals surface area contributed by atoms with Crippen molar-refractivity contribution >= 4 is 29.7 Å². The molecule has 1 aromatic carbocycles. The molecule has 0 radical (unpaired) electrons. The Morgan fingerprint density at radius 1 is 1.30 bits per heavy atom. The summed E-state index contributed by atoms with van der Waals surface area (Å²) < 4.78 is 5.28. The van der Waals surface area contributed by atoms with E-state index in [1.54, 1.807) is 0 Å². The summed E-state index contributed by atoms with van der Waals surface area (Å²) in [6, 6.07) is 7.85. The molecular formula is C14H20ClN3O2. The molecule has 0 bridgehead atoms. The van der Waals surface area contributed by atoms with Crippen LogP contribution in [0, 0.1) is 6.92 Å². The number of rotatable bonds is 3. The Morgan fingerprint density at radius 2 is 1.95 bits per heavy atom. The van der Waals surface area contributed by atoms with Crippen LogP contribution in [-0.4, -0.2) is 42.8 Å². The summed E-state index contributed by atoms with van der Waals surface area (Å²) in [7, 11) is 0. The molecule has 6 heteroatoms. The Labute approximate surface area is 125 Å². The van der Waals surface area contributed by atoms with Crippen LogP contribution in [0.3, 0.4) is 0 Å². The van der Waals surface area contributed by atoms with Crippen molar-refractivity contribution in [1.29, 1.82) is 0 Å². The molecule has 1 heterocycles. The average Bonchev–Trinajstić information content (AvgIpc) is 2.42. The van der Waals surface area contributed by atoms with E-state index in [1.807, 2.05) is 36.1 Å². The highest BCUT2D eigenvalue weighted by atomic mass is 35.5. The van der Waals surface area contributed by atoms with Crippen LogP contribution in [0.5, 0.6) is 0 Å². The van der Waals surface area contributed by atoms with Crippen molar-refractivity contribution in [2.24, 2.45) is 5.10 Å². The summed E-state index contributed by atoms with van der Waals surface area (Å²) in [6.45, 7) is 6.21. The van der Waals surface area contributed by atoms with Gasteiger partial charge in [-0.25, -0.2) is 0 Å². The van der Waals surface area contributed by atoms with Crippen molar-refractivity contribution in [1.82, 2.24) is 4.90 Å². The van der Waals surface area contributed by atoms with E-state index in [2.05, 4.69) is 10.5 Å². The van der Waals surface area contributed by atoms with Crippen LogP contribution in [0.15, 0.2) is 29.4 Å². The molecule has 2 rings (SSSR count). The van der Waals surface area contributed by atoms with Gasteiger partial charge >= 0.3 is 0 Å². The number of nitrogens with one attached hydrogen (secondary N) is 1. The second kappa shape index (κ2) is 7.87. The molecule has 0 amide bonds. The van der Waals surface area contributed by atoms with Gasteiger partial charge in [0.25, 0.3) is 0 Å². The zero-order valence-corrected chi connectivity index (χ0v) is 12.6. The number of anilines is 1. The lowest BCUT2D eigenvalue weighted by molar-refractivity contribution is -0.112. The van der Waals surface area contributed by atoms with Crippen LogP contribution in [0.4, 0.5) is 5.69 Å². The number of amidine groups is 1. The van der Waals surface area contributed by atoms with E-state index >= 15 is 0 Å². The molecule has 0 aromatic heterocycles. The molecule has 1 fully saturated rings. The highest BCUT2D eigenvalue weighted by Crippen LogP contribution is 2.13. The predicted octanol–water partition coefficient (Wildman–Crippen LogP) is 2.06. The normalized spacial score (nSPS) is 15.5. The molecular weight excluding hydrogens is 278 g/mol. The first-order valence-electron chi connectivity index (χ1n) is 6.41. The fraction of sp³-hybridized carbons (Fsp3) is 0.429. The number of ketones is 1. The van der Waals surface area contributed by atoms with E-state index in [0.29, 0.717) is 32.1 Å². The zero-order valence-electron chi connectivity index (χ0n) is 11.8. The number of para-hydroxylation sites is 1. The minimum absolute atomic E-state index is 0. The number of nitrogens with zero attached hydrogens (tertiary/aromatic N) is 2. The Bertz CT molecular complexity index is 485. The molecule has 1 aromatic rings. The van der Waals surface area contributed by atoms with Gasteiger partial charge in [-0.2, -0.15) is 5.10 Å². The maximum Gasteiger partial charge on any atom is 0.196 e. The highest BCUT2D eigenvalue weighted by Gasteiger charge is 2.18. The largest absolute Gasteiger partial charge is 0.378 e. The zero-order chi connectivity index (χ0) is 13.7. The molecule has 110 valence electrons. The Hall–Kier alpha value is -1.59. The summed E-state index contributed by atoms with van der Waals surface area (Å²) in [6.07, 6.45) is 0. The summed E-state index contributed by atoms with van der Waals surface area (Å²) in [5.74, 6) is 0.425. The number of carbonyl (C=O) groups excluding carboxylic acids is 1. The monoisotopic (exact) mass is 297 g/mol.